The van der Waals surface area contributed by atoms with E-state index in [1.165, 1.54) is 11.0 Å². The second-order valence-corrected chi connectivity index (χ2v) is 11.7. The topological polar surface area (TPSA) is 63.7 Å². The van der Waals surface area contributed by atoms with Gasteiger partial charge in [-0.3, -0.25) is 8.98 Å². The molecule has 0 bridgehead atoms. The normalized spacial score (nSPS) is 19.5. The minimum Gasteiger partial charge on any atom is -0.337 e. The Labute approximate surface area is 225 Å². The minimum absolute atomic E-state index is 0.0128. The number of benzene rings is 2. The molecule has 5 nitrogen and oxygen atoms in total. The van der Waals surface area contributed by atoms with Crippen molar-refractivity contribution >= 4 is 39.2 Å². The quantitative estimate of drug-likeness (QED) is 0.256. The number of likely N-dealkylation sites (tertiary alicyclic amines) is 1. The number of carbonyl (C=O) groups is 1. The Morgan fingerprint density at radius 3 is 2.11 bits per heavy atom. The van der Waals surface area contributed by atoms with Crippen molar-refractivity contribution in [2.45, 2.75) is 50.0 Å². The van der Waals surface area contributed by atoms with Crippen LogP contribution in [0.5, 0.6) is 0 Å². The maximum atomic E-state index is 13.4. The SMILES string of the molecule is CS(=O)(=O)OCCC1(c2ccc(Cl)c(Cl)c2)CCCC(=O)N(Cc2cc(C(F)(F)F)cc(C(F)(F)F)c2)C1. The van der Waals surface area contributed by atoms with E-state index in [-0.39, 0.29) is 47.7 Å². The van der Waals surface area contributed by atoms with Crippen molar-refractivity contribution in [3.8, 4) is 0 Å². The van der Waals surface area contributed by atoms with Crippen molar-refractivity contribution in [3.63, 3.8) is 0 Å². The van der Waals surface area contributed by atoms with Gasteiger partial charge in [0.15, 0.2) is 0 Å². The van der Waals surface area contributed by atoms with Crippen LogP contribution in [-0.2, 0) is 43.4 Å². The number of hydrogen-bond acceptors (Lipinski definition) is 4. The summed E-state index contributed by atoms with van der Waals surface area (Å²) in [6.45, 7) is -0.931. The molecule has 38 heavy (non-hydrogen) atoms. The summed E-state index contributed by atoms with van der Waals surface area (Å²) in [5.41, 5.74) is -3.72. The van der Waals surface area contributed by atoms with Gasteiger partial charge in [-0.2, -0.15) is 34.8 Å². The molecule has 1 heterocycles. The van der Waals surface area contributed by atoms with Crippen molar-refractivity contribution in [2.75, 3.05) is 19.4 Å². The van der Waals surface area contributed by atoms with Crippen LogP contribution in [0.4, 0.5) is 26.3 Å². The zero-order valence-electron chi connectivity index (χ0n) is 19.9. The predicted octanol–water partition coefficient (Wildman–Crippen LogP) is 6.85. The summed E-state index contributed by atoms with van der Waals surface area (Å²) >= 11 is 12.2. The predicted molar refractivity (Wildman–Crippen MR) is 129 cm³/mol. The van der Waals surface area contributed by atoms with Crippen LogP contribution >= 0.6 is 23.2 Å². The van der Waals surface area contributed by atoms with Crippen LogP contribution in [0, 0.1) is 0 Å². The van der Waals surface area contributed by atoms with Crippen LogP contribution in [0.3, 0.4) is 0 Å². The Hall–Kier alpha value is -2.02. The molecule has 0 radical (unpaired) electrons. The molecule has 1 saturated heterocycles. The molecule has 1 atom stereocenters. The number of alkyl halides is 6. The van der Waals surface area contributed by atoms with Gasteiger partial charge in [0.05, 0.1) is 34.0 Å². The van der Waals surface area contributed by atoms with E-state index in [2.05, 4.69) is 0 Å². The number of halogens is 8. The monoisotopic (exact) mass is 605 g/mol. The standard InChI is InChI=1S/C24H23Cl2F6NO4S/c1-38(35,36)37-8-7-22(16-4-5-19(25)20(26)12-16)6-2-3-21(34)33(14-22)13-15-9-17(23(27,28)29)11-18(10-15)24(30,31)32/h4-5,9-12H,2-3,6-8,13-14H2,1H3. The molecule has 3 rings (SSSR count). The van der Waals surface area contributed by atoms with Gasteiger partial charge in [-0.05, 0) is 60.7 Å². The van der Waals surface area contributed by atoms with Gasteiger partial charge in [0.1, 0.15) is 0 Å². The third-order valence-corrected chi connectivity index (χ3v) is 7.66. The molecular formula is C24H23Cl2F6NO4S. The second-order valence-electron chi connectivity index (χ2n) is 9.20. The lowest BCUT2D eigenvalue weighted by Gasteiger charge is -2.37. The molecule has 0 spiro atoms. The highest BCUT2D eigenvalue weighted by Crippen LogP contribution is 2.41. The third-order valence-electron chi connectivity index (χ3n) is 6.32. The smallest absolute Gasteiger partial charge is 0.337 e. The molecule has 0 saturated carbocycles. The first-order valence-corrected chi connectivity index (χ1v) is 13.8. The lowest BCUT2D eigenvalue weighted by molar-refractivity contribution is -0.143. The van der Waals surface area contributed by atoms with E-state index < -0.39 is 51.5 Å². The summed E-state index contributed by atoms with van der Waals surface area (Å²) in [5, 5.41) is 0.422. The molecule has 210 valence electrons. The zero-order chi connectivity index (χ0) is 28.5. The lowest BCUT2D eigenvalue weighted by Crippen LogP contribution is -2.42. The number of nitrogens with zero attached hydrogens (tertiary/aromatic N) is 1. The van der Waals surface area contributed by atoms with Crippen molar-refractivity contribution in [2.24, 2.45) is 0 Å². The van der Waals surface area contributed by atoms with Crippen LogP contribution < -0.4 is 0 Å². The minimum atomic E-state index is -5.04. The first-order valence-electron chi connectivity index (χ1n) is 11.3. The molecule has 0 aromatic heterocycles. The number of hydrogen-bond donors (Lipinski definition) is 0. The van der Waals surface area contributed by atoms with E-state index in [1.807, 2.05) is 0 Å². The fourth-order valence-corrected chi connectivity index (χ4v) is 5.23. The molecular weight excluding hydrogens is 583 g/mol. The van der Waals surface area contributed by atoms with Crippen molar-refractivity contribution in [1.29, 1.82) is 0 Å². The lowest BCUT2D eigenvalue weighted by atomic mass is 9.74. The Morgan fingerprint density at radius 2 is 1.58 bits per heavy atom. The number of rotatable bonds is 7. The summed E-state index contributed by atoms with van der Waals surface area (Å²) in [6.07, 6.45) is -8.48. The van der Waals surface area contributed by atoms with Crippen molar-refractivity contribution < 1.29 is 43.7 Å². The molecule has 2 aromatic carbocycles. The van der Waals surface area contributed by atoms with Gasteiger partial charge in [0.25, 0.3) is 10.1 Å². The zero-order valence-corrected chi connectivity index (χ0v) is 22.3. The molecule has 2 aromatic rings. The largest absolute Gasteiger partial charge is 0.416 e. The summed E-state index contributed by atoms with van der Waals surface area (Å²) < 4.78 is 108. The van der Waals surface area contributed by atoms with Crippen molar-refractivity contribution in [3.05, 3.63) is 68.7 Å². The number of carbonyl (C=O) groups excluding carboxylic acids is 1. The van der Waals surface area contributed by atoms with Crippen LogP contribution in [0.2, 0.25) is 10.0 Å². The Bertz CT molecular complexity index is 1270. The molecule has 14 heteroatoms. The van der Waals surface area contributed by atoms with Gasteiger partial charge in [-0.1, -0.05) is 29.3 Å². The van der Waals surface area contributed by atoms with E-state index >= 15 is 0 Å². The molecule has 1 aliphatic heterocycles. The van der Waals surface area contributed by atoms with Gasteiger partial charge in [0.2, 0.25) is 5.91 Å². The van der Waals surface area contributed by atoms with E-state index in [0.29, 0.717) is 30.5 Å². The second kappa shape index (κ2) is 11.2. The van der Waals surface area contributed by atoms with Gasteiger partial charge in [-0.25, -0.2) is 0 Å². The highest BCUT2D eigenvalue weighted by Gasteiger charge is 2.40. The van der Waals surface area contributed by atoms with E-state index in [1.54, 1.807) is 12.1 Å². The summed E-state index contributed by atoms with van der Waals surface area (Å²) in [7, 11) is -3.81. The van der Waals surface area contributed by atoms with Gasteiger partial charge in [-0.15, -0.1) is 0 Å². The van der Waals surface area contributed by atoms with Crippen LogP contribution in [0.1, 0.15) is 47.9 Å². The van der Waals surface area contributed by atoms with E-state index in [4.69, 9.17) is 27.4 Å². The Kier molecular flexibility index (Phi) is 9.02. The number of amides is 1. The maximum absolute atomic E-state index is 13.4. The Balaban J connectivity index is 2.05. The fraction of sp³-hybridized carbons (Fsp3) is 0.458. The fourth-order valence-electron chi connectivity index (χ4n) is 4.54. The highest BCUT2D eigenvalue weighted by molar-refractivity contribution is 7.85. The highest BCUT2D eigenvalue weighted by atomic mass is 35.5. The molecule has 1 unspecified atom stereocenters. The van der Waals surface area contributed by atoms with Crippen LogP contribution in [-0.4, -0.2) is 38.6 Å². The maximum Gasteiger partial charge on any atom is 0.416 e. The van der Waals surface area contributed by atoms with Crippen LogP contribution in [0.25, 0.3) is 0 Å². The van der Waals surface area contributed by atoms with E-state index in [9.17, 15) is 39.6 Å². The third kappa shape index (κ3) is 7.77. The summed E-state index contributed by atoms with van der Waals surface area (Å²) in [5.74, 6) is -0.470. The summed E-state index contributed by atoms with van der Waals surface area (Å²) in [6, 6.07) is 5.88. The molecule has 0 N–H and O–H groups in total. The summed E-state index contributed by atoms with van der Waals surface area (Å²) in [4.78, 5) is 14.1. The van der Waals surface area contributed by atoms with Crippen molar-refractivity contribution in [1.82, 2.24) is 4.90 Å². The van der Waals surface area contributed by atoms with Gasteiger partial charge >= 0.3 is 12.4 Å². The molecule has 1 aliphatic rings. The van der Waals surface area contributed by atoms with Crippen LogP contribution in [0.15, 0.2) is 36.4 Å². The van der Waals surface area contributed by atoms with Gasteiger partial charge in [0, 0.05) is 24.9 Å². The molecule has 0 aliphatic carbocycles. The average Bonchev–Trinajstić information content (AvgIpc) is 2.93. The average molecular weight is 606 g/mol. The first kappa shape index (κ1) is 30.5. The van der Waals surface area contributed by atoms with E-state index in [0.717, 1.165) is 6.26 Å². The first-order chi connectivity index (χ1) is 17.4. The Morgan fingerprint density at radius 1 is 0.974 bits per heavy atom. The molecule has 1 amide bonds. The van der Waals surface area contributed by atoms with Gasteiger partial charge < -0.3 is 4.90 Å². The molecule has 1 fully saturated rings.